The Morgan fingerprint density at radius 3 is 1.45 bits per heavy atom. The van der Waals surface area contributed by atoms with Gasteiger partial charge in [-0.3, -0.25) is 19.2 Å². The summed E-state index contributed by atoms with van der Waals surface area (Å²) in [6.07, 6.45) is 3.77. The Kier molecular flexibility index (Phi) is 12.9. The molecule has 0 spiro atoms. The van der Waals surface area contributed by atoms with Gasteiger partial charge in [0.15, 0.2) is 0 Å². The average Bonchev–Trinajstić information content (AvgIpc) is 2.91. The van der Waals surface area contributed by atoms with Crippen LogP contribution in [-0.2, 0) is 41.3 Å². The normalized spacial score (nSPS) is 21.4. The van der Waals surface area contributed by atoms with Gasteiger partial charge in [0.2, 0.25) is 11.8 Å². The van der Waals surface area contributed by atoms with E-state index in [0.29, 0.717) is 37.3 Å². The van der Waals surface area contributed by atoms with Gasteiger partial charge >= 0.3 is 26.2 Å². The molecule has 4 heterocycles. The zero-order valence-electron chi connectivity index (χ0n) is 23.9. The highest BCUT2D eigenvalue weighted by molar-refractivity contribution is 6.46. The highest BCUT2D eigenvalue weighted by Gasteiger charge is 2.37. The Hall–Kier alpha value is -4.25. The number of nitrogens with two attached hydrogens (primary N) is 2. The van der Waals surface area contributed by atoms with Crippen molar-refractivity contribution in [3.05, 3.63) is 47.8 Å². The van der Waals surface area contributed by atoms with E-state index in [-0.39, 0.29) is 37.5 Å². The SMILES string of the molecule is Nc1cc(CC(=O)N[C@H]2CC[C@@H](CC(=O)O)OB2O)ccn1.Nc1cc(CC(=O)N[C@H]2CC[C@@H](CC(=O)O)OB2O)ccn1. The predicted molar refractivity (Wildman–Crippen MR) is 157 cm³/mol. The van der Waals surface area contributed by atoms with Gasteiger partial charge < -0.3 is 51.7 Å². The van der Waals surface area contributed by atoms with Crippen LogP contribution in [0.2, 0.25) is 0 Å². The smallest absolute Gasteiger partial charge is 0.478 e. The summed E-state index contributed by atoms with van der Waals surface area (Å²) in [7, 11) is -2.41. The molecule has 4 rings (SSSR count). The fraction of sp³-hybridized carbons (Fsp3) is 0.462. The molecule has 18 heteroatoms. The highest BCUT2D eigenvalue weighted by Crippen LogP contribution is 2.20. The maximum atomic E-state index is 12.0. The maximum absolute atomic E-state index is 12.0. The molecule has 2 amide bonds. The van der Waals surface area contributed by atoms with Crippen LogP contribution in [0.3, 0.4) is 0 Å². The first-order valence-electron chi connectivity index (χ1n) is 14.0. The summed E-state index contributed by atoms with van der Waals surface area (Å²) in [5.41, 5.74) is 12.5. The molecular formula is C26H36B2N6O10. The lowest BCUT2D eigenvalue weighted by Gasteiger charge is -2.30. The van der Waals surface area contributed by atoms with Crippen molar-refractivity contribution >= 4 is 49.6 Å². The van der Waals surface area contributed by atoms with Crippen molar-refractivity contribution in [2.45, 2.75) is 75.5 Å². The van der Waals surface area contributed by atoms with Crippen molar-refractivity contribution in [3.8, 4) is 0 Å². The molecule has 44 heavy (non-hydrogen) atoms. The van der Waals surface area contributed by atoms with Gasteiger partial charge in [-0.05, 0) is 61.1 Å². The van der Waals surface area contributed by atoms with Crippen LogP contribution in [0.1, 0.15) is 49.7 Å². The molecule has 10 N–H and O–H groups in total. The minimum atomic E-state index is -1.20. The molecule has 2 aliphatic rings. The van der Waals surface area contributed by atoms with E-state index in [1.165, 1.54) is 12.4 Å². The number of nitrogen functional groups attached to an aromatic ring is 2. The molecule has 0 aliphatic carbocycles. The molecular weight excluding hydrogens is 578 g/mol. The van der Waals surface area contributed by atoms with Gasteiger partial charge in [-0.1, -0.05) is 0 Å². The summed E-state index contributed by atoms with van der Waals surface area (Å²) in [5.74, 6) is -2.91. The Bertz CT molecular complexity index is 1210. The van der Waals surface area contributed by atoms with Crippen molar-refractivity contribution in [3.63, 3.8) is 0 Å². The third kappa shape index (κ3) is 11.8. The van der Waals surface area contributed by atoms with Gasteiger partial charge in [0, 0.05) is 12.4 Å². The first-order chi connectivity index (χ1) is 20.9. The minimum Gasteiger partial charge on any atom is -0.481 e. The maximum Gasteiger partial charge on any atom is 0.478 e. The molecule has 236 valence electrons. The van der Waals surface area contributed by atoms with Crippen LogP contribution in [0.5, 0.6) is 0 Å². The second kappa shape index (κ2) is 16.6. The molecule has 0 unspecified atom stereocenters. The highest BCUT2D eigenvalue weighted by atomic mass is 16.5. The second-order valence-electron chi connectivity index (χ2n) is 10.5. The van der Waals surface area contributed by atoms with Gasteiger partial charge in [-0.2, -0.15) is 0 Å². The van der Waals surface area contributed by atoms with Gasteiger partial charge in [-0.25, -0.2) is 9.97 Å². The van der Waals surface area contributed by atoms with Crippen LogP contribution in [0.25, 0.3) is 0 Å². The lowest BCUT2D eigenvalue weighted by atomic mass is 9.72. The monoisotopic (exact) mass is 614 g/mol. The Morgan fingerprint density at radius 2 is 1.14 bits per heavy atom. The van der Waals surface area contributed by atoms with E-state index in [1.807, 2.05) is 0 Å². The molecule has 0 radical (unpaired) electrons. The molecule has 2 saturated heterocycles. The van der Waals surface area contributed by atoms with Gasteiger partial charge in [-0.15, -0.1) is 0 Å². The van der Waals surface area contributed by atoms with E-state index in [9.17, 15) is 29.2 Å². The van der Waals surface area contributed by atoms with Crippen molar-refractivity contribution in [2.24, 2.45) is 0 Å². The van der Waals surface area contributed by atoms with Gasteiger partial charge in [0.1, 0.15) is 11.6 Å². The summed E-state index contributed by atoms with van der Waals surface area (Å²) < 4.78 is 10.4. The van der Waals surface area contributed by atoms with Gasteiger partial charge in [0.25, 0.3) is 0 Å². The lowest BCUT2D eigenvalue weighted by molar-refractivity contribution is -0.140. The summed E-state index contributed by atoms with van der Waals surface area (Å²) in [6, 6.07) is 6.59. The summed E-state index contributed by atoms with van der Waals surface area (Å²) in [6.45, 7) is 0. The van der Waals surface area contributed by atoms with E-state index in [1.54, 1.807) is 24.3 Å². The number of aliphatic carboxylic acids is 2. The number of nitrogens with zero attached hydrogens (tertiary/aromatic N) is 2. The van der Waals surface area contributed by atoms with Gasteiger partial charge in [0.05, 0.1) is 49.8 Å². The number of pyridine rings is 2. The van der Waals surface area contributed by atoms with E-state index >= 15 is 0 Å². The molecule has 16 nitrogen and oxygen atoms in total. The molecule has 0 bridgehead atoms. The van der Waals surface area contributed by atoms with Crippen molar-refractivity contribution < 1.29 is 48.7 Å². The van der Waals surface area contributed by atoms with E-state index in [0.717, 1.165) is 11.1 Å². The fourth-order valence-electron chi connectivity index (χ4n) is 4.81. The van der Waals surface area contributed by atoms with Crippen molar-refractivity contribution in [1.29, 1.82) is 0 Å². The number of amides is 2. The summed E-state index contributed by atoms with van der Waals surface area (Å²) >= 11 is 0. The number of aromatic nitrogens is 2. The Balaban J connectivity index is 0.000000240. The number of hydrogen-bond acceptors (Lipinski definition) is 12. The minimum absolute atomic E-state index is 0.120. The zero-order valence-corrected chi connectivity index (χ0v) is 23.9. The number of carbonyl (C=O) groups excluding carboxylic acids is 2. The number of carboxylic acids is 2. The van der Waals surface area contributed by atoms with Crippen LogP contribution >= 0.6 is 0 Å². The fourth-order valence-corrected chi connectivity index (χ4v) is 4.81. The average molecular weight is 614 g/mol. The number of rotatable bonds is 10. The quantitative estimate of drug-likeness (QED) is 0.145. The standard InChI is InChI=1S/2C13H18BN3O5/c2*15-11-5-8(3-4-16-11)6-12(18)17-10-2-1-9(7-13(19)20)22-14(10)21/h2*3-5,9-10,21H,1-2,6-7H2,(H2,15,16)(H,17,18)(H,19,20)/t2*9-,10-/m00/s1. The lowest BCUT2D eigenvalue weighted by Crippen LogP contribution is -2.53. The van der Waals surface area contributed by atoms with Crippen LogP contribution in [-0.4, -0.2) is 92.3 Å². The van der Waals surface area contributed by atoms with Crippen molar-refractivity contribution in [1.82, 2.24) is 20.6 Å². The molecule has 0 saturated carbocycles. The molecule has 2 aromatic heterocycles. The first kappa shape index (κ1) is 34.2. The Morgan fingerprint density at radius 1 is 0.750 bits per heavy atom. The number of carbonyl (C=O) groups is 4. The molecule has 2 aliphatic heterocycles. The summed E-state index contributed by atoms with van der Waals surface area (Å²) in [4.78, 5) is 52.9. The molecule has 2 aromatic rings. The third-order valence-electron chi connectivity index (χ3n) is 6.87. The number of anilines is 2. The van der Waals surface area contributed by atoms with E-state index in [2.05, 4.69) is 20.6 Å². The molecule has 4 atom stereocenters. The largest absolute Gasteiger partial charge is 0.481 e. The second-order valence-corrected chi connectivity index (χ2v) is 10.5. The third-order valence-corrected chi connectivity index (χ3v) is 6.87. The van der Waals surface area contributed by atoms with E-state index in [4.69, 9.17) is 31.0 Å². The number of hydrogen-bond donors (Lipinski definition) is 8. The van der Waals surface area contributed by atoms with Crippen molar-refractivity contribution in [2.75, 3.05) is 11.5 Å². The number of carboxylic acid groups (broad SMARTS) is 2. The van der Waals surface area contributed by atoms with E-state index < -0.39 is 50.3 Å². The van der Waals surface area contributed by atoms with Crippen LogP contribution in [0.15, 0.2) is 36.7 Å². The molecule has 2 fully saturated rings. The van der Waals surface area contributed by atoms with Crippen LogP contribution in [0, 0.1) is 0 Å². The van der Waals surface area contributed by atoms with Crippen LogP contribution in [0.4, 0.5) is 11.6 Å². The zero-order chi connectivity index (χ0) is 32.2. The predicted octanol–water partition coefficient (Wildman–Crippen LogP) is -1.27. The topological polar surface area (TPSA) is 270 Å². The Labute approximate surface area is 253 Å². The first-order valence-corrected chi connectivity index (χ1v) is 14.0. The molecule has 0 aromatic carbocycles. The summed E-state index contributed by atoms with van der Waals surface area (Å²) in [5, 5.41) is 42.5. The van der Waals surface area contributed by atoms with Crippen LogP contribution < -0.4 is 22.1 Å². The number of nitrogens with one attached hydrogen (secondary N) is 2.